The number of hydrogen-bond donors (Lipinski definition) is 3. The number of rotatable bonds is 6. The standard InChI is InChI=1S/C20H28N4O4/c1-20(2,3)19(28)24-10-4-5-15(24)18(27)22-11-13-6-8-14(9-7-13)17(26)23-12-16(21)25/h6-9,15H,4-5,10-12H2,1-3H3,(H2,21,25)(H,22,27)(H,23,26). The predicted octanol–water partition coefficient (Wildman–Crippen LogP) is 0.555. The van der Waals surface area contributed by atoms with Gasteiger partial charge in [-0.05, 0) is 30.5 Å². The van der Waals surface area contributed by atoms with Crippen LogP contribution >= 0.6 is 0 Å². The van der Waals surface area contributed by atoms with E-state index in [1.54, 1.807) is 29.2 Å². The number of carbonyl (C=O) groups excluding carboxylic acids is 4. The van der Waals surface area contributed by atoms with Gasteiger partial charge in [0, 0.05) is 24.1 Å². The van der Waals surface area contributed by atoms with Crippen molar-refractivity contribution in [3.63, 3.8) is 0 Å². The normalized spacial score (nSPS) is 16.5. The molecule has 8 heteroatoms. The highest BCUT2D eigenvalue weighted by atomic mass is 16.2. The third kappa shape index (κ3) is 5.55. The van der Waals surface area contributed by atoms with Crippen LogP contribution in [0, 0.1) is 5.41 Å². The quantitative estimate of drug-likeness (QED) is 0.659. The van der Waals surface area contributed by atoms with Gasteiger partial charge >= 0.3 is 0 Å². The minimum atomic E-state index is -0.612. The Morgan fingerprint density at radius 3 is 2.32 bits per heavy atom. The van der Waals surface area contributed by atoms with Crippen molar-refractivity contribution in [3.05, 3.63) is 35.4 Å². The van der Waals surface area contributed by atoms with E-state index >= 15 is 0 Å². The summed E-state index contributed by atoms with van der Waals surface area (Å²) in [6.45, 7) is 6.23. The Hall–Kier alpha value is -2.90. The van der Waals surface area contributed by atoms with E-state index in [4.69, 9.17) is 5.73 Å². The van der Waals surface area contributed by atoms with Crippen LogP contribution in [0.2, 0.25) is 0 Å². The molecule has 0 spiro atoms. The molecule has 2 rings (SSSR count). The molecule has 0 radical (unpaired) electrons. The lowest BCUT2D eigenvalue weighted by molar-refractivity contribution is -0.144. The van der Waals surface area contributed by atoms with Gasteiger partial charge in [-0.1, -0.05) is 32.9 Å². The number of nitrogens with one attached hydrogen (secondary N) is 2. The summed E-state index contributed by atoms with van der Waals surface area (Å²) in [5.74, 6) is -1.19. The average molecular weight is 388 g/mol. The number of carbonyl (C=O) groups is 4. The maximum absolute atomic E-state index is 12.6. The lowest BCUT2D eigenvalue weighted by Gasteiger charge is -2.30. The summed E-state index contributed by atoms with van der Waals surface area (Å²) < 4.78 is 0. The fraction of sp³-hybridized carbons (Fsp3) is 0.500. The second-order valence-corrected chi connectivity index (χ2v) is 7.97. The van der Waals surface area contributed by atoms with Crippen molar-refractivity contribution in [2.24, 2.45) is 11.1 Å². The zero-order valence-electron chi connectivity index (χ0n) is 16.6. The van der Waals surface area contributed by atoms with Crippen LogP contribution in [0.1, 0.15) is 49.5 Å². The van der Waals surface area contributed by atoms with Crippen LogP contribution in [0.3, 0.4) is 0 Å². The molecule has 0 aliphatic carbocycles. The summed E-state index contributed by atoms with van der Waals surface area (Å²) in [7, 11) is 0. The van der Waals surface area contributed by atoms with Crippen LogP contribution in [-0.4, -0.2) is 47.7 Å². The summed E-state index contributed by atoms with van der Waals surface area (Å²) in [6.07, 6.45) is 1.47. The number of nitrogens with zero attached hydrogens (tertiary/aromatic N) is 1. The molecule has 1 aromatic rings. The van der Waals surface area contributed by atoms with E-state index in [0.717, 1.165) is 12.0 Å². The van der Waals surface area contributed by atoms with Crippen LogP contribution in [0.25, 0.3) is 0 Å². The monoisotopic (exact) mass is 388 g/mol. The van der Waals surface area contributed by atoms with Crippen molar-refractivity contribution in [3.8, 4) is 0 Å². The molecule has 8 nitrogen and oxygen atoms in total. The zero-order chi connectivity index (χ0) is 20.9. The lowest BCUT2D eigenvalue weighted by atomic mass is 9.94. The van der Waals surface area contributed by atoms with Crippen LogP contribution in [-0.2, 0) is 20.9 Å². The van der Waals surface area contributed by atoms with Crippen LogP contribution < -0.4 is 16.4 Å². The van der Waals surface area contributed by atoms with Crippen LogP contribution in [0.4, 0.5) is 0 Å². The molecule has 0 aromatic heterocycles. The van der Waals surface area contributed by atoms with E-state index in [9.17, 15) is 19.2 Å². The molecule has 1 aromatic carbocycles. The summed E-state index contributed by atoms with van der Waals surface area (Å²) in [4.78, 5) is 49.3. The molecule has 152 valence electrons. The Kier molecular flexibility index (Phi) is 6.77. The largest absolute Gasteiger partial charge is 0.368 e. The van der Waals surface area contributed by atoms with Crippen molar-refractivity contribution in [2.45, 2.75) is 46.2 Å². The predicted molar refractivity (Wildman–Crippen MR) is 104 cm³/mol. The first kappa shape index (κ1) is 21.4. The van der Waals surface area contributed by atoms with Gasteiger partial charge in [-0.3, -0.25) is 19.2 Å². The Balaban J connectivity index is 1.91. The van der Waals surface area contributed by atoms with Gasteiger partial charge in [-0.2, -0.15) is 0 Å². The van der Waals surface area contributed by atoms with Crippen molar-refractivity contribution in [2.75, 3.05) is 13.1 Å². The Morgan fingerprint density at radius 1 is 1.11 bits per heavy atom. The van der Waals surface area contributed by atoms with E-state index in [1.807, 2.05) is 20.8 Å². The lowest BCUT2D eigenvalue weighted by Crippen LogP contribution is -2.49. The van der Waals surface area contributed by atoms with Crippen molar-refractivity contribution < 1.29 is 19.2 Å². The van der Waals surface area contributed by atoms with Crippen LogP contribution in [0.15, 0.2) is 24.3 Å². The van der Waals surface area contributed by atoms with E-state index in [-0.39, 0.29) is 18.4 Å². The summed E-state index contributed by atoms with van der Waals surface area (Å²) in [6, 6.07) is 6.25. The van der Waals surface area contributed by atoms with Crippen molar-refractivity contribution in [1.29, 1.82) is 0 Å². The van der Waals surface area contributed by atoms with E-state index < -0.39 is 23.3 Å². The van der Waals surface area contributed by atoms with E-state index in [2.05, 4.69) is 10.6 Å². The molecule has 1 heterocycles. The average Bonchev–Trinajstić information content (AvgIpc) is 3.12. The molecule has 4 amide bonds. The highest BCUT2D eigenvalue weighted by Crippen LogP contribution is 2.25. The minimum absolute atomic E-state index is 0.0172. The van der Waals surface area contributed by atoms with Crippen LogP contribution in [0.5, 0.6) is 0 Å². The van der Waals surface area contributed by atoms with Gasteiger partial charge in [-0.25, -0.2) is 0 Å². The Morgan fingerprint density at radius 2 is 1.75 bits per heavy atom. The molecule has 1 unspecified atom stereocenters. The molecule has 0 saturated carbocycles. The maximum atomic E-state index is 12.6. The van der Waals surface area contributed by atoms with Crippen molar-refractivity contribution in [1.82, 2.24) is 15.5 Å². The molecule has 1 saturated heterocycles. The molecular formula is C20H28N4O4. The highest BCUT2D eigenvalue weighted by molar-refractivity contribution is 5.96. The fourth-order valence-corrected chi connectivity index (χ4v) is 3.06. The van der Waals surface area contributed by atoms with Gasteiger partial charge in [0.1, 0.15) is 6.04 Å². The molecule has 1 aliphatic heterocycles. The molecule has 4 N–H and O–H groups in total. The third-order valence-electron chi connectivity index (χ3n) is 4.56. The smallest absolute Gasteiger partial charge is 0.251 e. The summed E-state index contributed by atoms with van der Waals surface area (Å²) in [5.41, 5.74) is 5.70. The number of nitrogens with two attached hydrogens (primary N) is 1. The first-order chi connectivity index (χ1) is 13.1. The maximum Gasteiger partial charge on any atom is 0.251 e. The molecular weight excluding hydrogens is 360 g/mol. The summed E-state index contributed by atoms with van der Waals surface area (Å²) in [5, 5.41) is 5.28. The third-order valence-corrected chi connectivity index (χ3v) is 4.56. The zero-order valence-corrected chi connectivity index (χ0v) is 16.6. The second-order valence-electron chi connectivity index (χ2n) is 7.97. The van der Waals surface area contributed by atoms with E-state index in [0.29, 0.717) is 25.1 Å². The molecule has 1 atom stereocenters. The van der Waals surface area contributed by atoms with Gasteiger partial charge in [0.05, 0.1) is 6.54 Å². The van der Waals surface area contributed by atoms with E-state index in [1.165, 1.54) is 0 Å². The Labute approximate surface area is 164 Å². The second kappa shape index (κ2) is 8.86. The molecule has 28 heavy (non-hydrogen) atoms. The fourth-order valence-electron chi connectivity index (χ4n) is 3.06. The number of likely N-dealkylation sites (tertiary alicyclic amines) is 1. The number of amides is 4. The van der Waals surface area contributed by atoms with Gasteiger partial charge in [0.15, 0.2) is 0 Å². The highest BCUT2D eigenvalue weighted by Gasteiger charge is 2.38. The first-order valence-electron chi connectivity index (χ1n) is 9.34. The molecule has 1 aliphatic rings. The first-order valence-corrected chi connectivity index (χ1v) is 9.34. The number of primary amides is 1. The van der Waals surface area contributed by atoms with Gasteiger partial charge in [0.25, 0.3) is 5.91 Å². The minimum Gasteiger partial charge on any atom is -0.368 e. The number of hydrogen-bond acceptors (Lipinski definition) is 4. The topological polar surface area (TPSA) is 122 Å². The molecule has 0 bridgehead atoms. The van der Waals surface area contributed by atoms with Gasteiger partial charge < -0.3 is 21.3 Å². The number of benzene rings is 1. The molecule has 1 fully saturated rings. The SMILES string of the molecule is CC(C)(C)C(=O)N1CCCC1C(=O)NCc1ccc(C(=O)NCC(N)=O)cc1. The van der Waals surface area contributed by atoms with Crippen molar-refractivity contribution >= 4 is 23.6 Å². The summed E-state index contributed by atoms with van der Waals surface area (Å²) >= 11 is 0. The van der Waals surface area contributed by atoms with Gasteiger partial charge in [0.2, 0.25) is 17.7 Å². The van der Waals surface area contributed by atoms with Gasteiger partial charge in [-0.15, -0.1) is 0 Å². The Bertz CT molecular complexity index is 752.